The molecule has 0 radical (unpaired) electrons. The van der Waals surface area contributed by atoms with Crippen molar-refractivity contribution in [2.45, 2.75) is 45.1 Å². The van der Waals surface area contributed by atoms with Crippen molar-refractivity contribution in [3.05, 3.63) is 47.3 Å². The van der Waals surface area contributed by atoms with Crippen molar-refractivity contribution in [3.8, 4) is 0 Å². The molecule has 2 heterocycles. The number of esters is 1. The van der Waals surface area contributed by atoms with Crippen LogP contribution >= 0.6 is 0 Å². The summed E-state index contributed by atoms with van der Waals surface area (Å²) in [5, 5.41) is 2.55. The van der Waals surface area contributed by atoms with Crippen LogP contribution in [0.4, 0.5) is 5.69 Å². The van der Waals surface area contributed by atoms with Gasteiger partial charge >= 0.3 is 5.97 Å². The second-order valence-electron chi connectivity index (χ2n) is 7.22. The van der Waals surface area contributed by atoms with E-state index in [-0.39, 0.29) is 10.6 Å². The fraction of sp³-hybridized carbons (Fsp3) is 0.381. The first-order valence-corrected chi connectivity index (χ1v) is 11.5. The number of rotatable bonds is 7. The number of carbonyl (C=O) groups is 2. The van der Waals surface area contributed by atoms with Crippen molar-refractivity contribution in [3.63, 3.8) is 0 Å². The first-order valence-electron chi connectivity index (χ1n) is 10.0. The maximum absolute atomic E-state index is 12.5. The van der Waals surface area contributed by atoms with E-state index in [0.717, 1.165) is 24.4 Å². The molecule has 1 aromatic carbocycles. The Hall–Kier alpha value is -3.14. The largest absolute Gasteiger partial charge is 0.452 e. The number of ether oxygens (including phenoxy) is 1. The molecule has 9 nitrogen and oxygen atoms in total. The van der Waals surface area contributed by atoms with E-state index in [1.165, 1.54) is 18.2 Å². The molecule has 31 heavy (non-hydrogen) atoms. The number of anilines is 1. The summed E-state index contributed by atoms with van der Waals surface area (Å²) in [6.45, 7) is 6.55. The summed E-state index contributed by atoms with van der Waals surface area (Å²) in [4.78, 5) is 28.7. The van der Waals surface area contributed by atoms with E-state index in [2.05, 4.69) is 15.0 Å². The fourth-order valence-corrected chi connectivity index (χ4v) is 4.61. The van der Waals surface area contributed by atoms with Gasteiger partial charge in [-0.25, -0.2) is 13.2 Å². The Labute approximate surface area is 181 Å². The van der Waals surface area contributed by atoms with Gasteiger partial charge < -0.3 is 14.6 Å². The second-order valence-corrected chi connectivity index (χ2v) is 8.90. The first-order chi connectivity index (χ1) is 14.7. The zero-order valence-electron chi connectivity index (χ0n) is 17.8. The zero-order valence-corrected chi connectivity index (χ0v) is 18.6. The van der Waals surface area contributed by atoms with Crippen LogP contribution in [0.1, 0.15) is 41.5 Å². The third-order valence-electron chi connectivity index (χ3n) is 5.00. The quantitative estimate of drug-likeness (QED) is 0.633. The van der Waals surface area contributed by atoms with E-state index in [4.69, 9.17) is 4.74 Å². The van der Waals surface area contributed by atoms with E-state index in [1.54, 1.807) is 12.1 Å². The minimum Gasteiger partial charge on any atom is -0.452 e. The fourth-order valence-electron chi connectivity index (χ4n) is 3.48. The number of hydrogen-bond donors (Lipinski definition) is 2. The summed E-state index contributed by atoms with van der Waals surface area (Å²) in [6.07, 6.45) is 1.40. The van der Waals surface area contributed by atoms with Crippen LogP contribution < -0.4 is 10.0 Å². The van der Waals surface area contributed by atoms with E-state index >= 15 is 0 Å². The number of hydrogen-bond acceptors (Lipinski definition) is 6. The molecular formula is C21H26N4O5S. The summed E-state index contributed by atoms with van der Waals surface area (Å²) in [6, 6.07) is 7.57. The molecule has 2 N–H and O–H groups in total. The SMILES string of the molecule is CCn1c(C)cc(C(=O)OCC(=O)Nc2cccc(S(=O)(=O)NC3=NCCC3)c2)c1C. The van der Waals surface area contributed by atoms with Gasteiger partial charge in [0.25, 0.3) is 15.9 Å². The minimum absolute atomic E-state index is 0.00361. The molecule has 0 saturated carbocycles. The van der Waals surface area contributed by atoms with Crippen molar-refractivity contribution in [2.75, 3.05) is 18.5 Å². The Morgan fingerprint density at radius 3 is 2.65 bits per heavy atom. The Bertz CT molecular complexity index is 1130. The monoisotopic (exact) mass is 446 g/mol. The highest BCUT2D eigenvalue weighted by atomic mass is 32.2. The van der Waals surface area contributed by atoms with Crippen LogP contribution in [-0.2, 0) is 26.1 Å². The van der Waals surface area contributed by atoms with Crippen LogP contribution in [0, 0.1) is 13.8 Å². The predicted octanol–water partition coefficient (Wildman–Crippen LogP) is 2.39. The van der Waals surface area contributed by atoms with E-state index in [0.29, 0.717) is 24.4 Å². The van der Waals surface area contributed by atoms with Crippen LogP contribution in [0.25, 0.3) is 0 Å². The van der Waals surface area contributed by atoms with Crippen LogP contribution in [0.3, 0.4) is 0 Å². The standard InChI is InChI=1S/C21H26N4O5S/c1-4-25-14(2)11-18(15(25)3)21(27)30-13-20(26)23-16-7-5-8-17(12-16)31(28,29)24-19-9-6-10-22-19/h5,7-8,11-12H,4,6,9-10,13H2,1-3H3,(H,22,24)(H,23,26). The number of benzene rings is 1. The molecule has 0 spiro atoms. The second kappa shape index (κ2) is 9.34. The summed E-state index contributed by atoms with van der Waals surface area (Å²) in [5.74, 6) is -0.718. The normalized spacial score (nSPS) is 13.6. The van der Waals surface area contributed by atoms with Crippen molar-refractivity contribution in [1.82, 2.24) is 9.29 Å². The van der Waals surface area contributed by atoms with Gasteiger partial charge in [0.15, 0.2) is 6.61 Å². The molecule has 1 aliphatic heterocycles. The molecule has 1 aromatic heterocycles. The lowest BCUT2D eigenvalue weighted by atomic mass is 10.2. The third kappa shape index (κ3) is 5.32. The predicted molar refractivity (Wildman–Crippen MR) is 117 cm³/mol. The molecule has 0 bridgehead atoms. The summed E-state index contributed by atoms with van der Waals surface area (Å²) < 4.78 is 34.6. The number of aromatic nitrogens is 1. The summed E-state index contributed by atoms with van der Waals surface area (Å²) >= 11 is 0. The Kier molecular flexibility index (Phi) is 6.79. The highest BCUT2D eigenvalue weighted by Crippen LogP contribution is 2.18. The van der Waals surface area contributed by atoms with Gasteiger partial charge in [0.05, 0.1) is 10.5 Å². The van der Waals surface area contributed by atoms with Gasteiger partial charge in [-0.1, -0.05) is 6.07 Å². The highest BCUT2D eigenvalue weighted by Gasteiger charge is 2.20. The van der Waals surface area contributed by atoms with E-state index < -0.39 is 28.5 Å². The average molecular weight is 447 g/mol. The number of sulfonamides is 1. The van der Waals surface area contributed by atoms with Gasteiger partial charge in [0.1, 0.15) is 5.84 Å². The Morgan fingerprint density at radius 2 is 2.00 bits per heavy atom. The molecule has 0 saturated heterocycles. The van der Waals surface area contributed by atoms with Gasteiger partial charge in [0.2, 0.25) is 0 Å². The Balaban J connectivity index is 1.61. The van der Waals surface area contributed by atoms with Gasteiger partial charge in [-0.05, 0) is 51.5 Å². The third-order valence-corrected chi connectivity index (χ3v) is 6.38. The molecule has 1 amide bonds. The molecule has 0 unspecified atom stereocenters. The number of carbonyl (C=O) groups excluding carboxylic acids is 2. The van der Waals surface area contributed by atoms with Crippen LogP contribution in [0.2, 0.25) is 0 Å². The number of amidine groups is 1. The van der Waals surface area contributed by atoms with Crippen molar-refractivity contribution in [1.29, 1.82) is 0 Å². The average Bonchev–Trinajstić information content (AvgIpc) is 3.33. The van der Waals surface area contributed by atoms with Crippen molar-refractivity contribution >= 4 is 33.4 Å². The van der Waals surface area contributed by atoms with Crippen molar-refractivity contribution in [2.24, 2.45) is 4.99 Å². The van der Waals surface area contributed by atoms with Crippen LogP contribution in [-0.4, -0.2) is 43.8 Å². The van der Waals surface area contributed by atoms with Gasteiger partial charge in [-0.15, -0.1) is 0 Å². The molecule has 166 valence electrons. The van der Waals surface area contributed by atoms with Gasteiger partial charge in [0, 0.05) is 36.6 Å². The van der Waals surface area contributed by atoms with Crippen molar-refractivity contribution < 1.29 is 22.7 Å². The molecule has 0 aliphatic carbocycles. The molecule has 1 aliphatic rings. The Morgan fingerprint density at radius 1 is 1.23 bits per heavy atom. The van der Waals surface area contributed by atoms with Crippen LogP contribution in [0.5, 0.6) is 0 Å². The highest BCUT2D eigenvalue weighted by molar-refractivity contribution is 7.90. The topological polar surface area (TPSA) is 119 Å². The molecular weight excluding hydrogens is 420 g/mol. The maximum atomic E-state index is 12.5. The van der Waals surface area contributed by atoms with Crippen LogP contribution in [0.15, 0.2) is 40.2 Å². The molecule has 0 fully saturated rings. The molecule has 0 atom stereocenters. The lowest BCUT2D eigenvalue weighted by molar-refractivity contribution is -0.119. The number of amides is 1. The smallest absolute Gasteiger partial charge is 0.340 e. The first kappa shape index (κ1) is 22.5. The molecule has 10 heteroatoms. The number of aryl methyl sites for hydroxylation is 1. The van der Waals surface area contributed by atoms with Gasteiger partial charge in [-0.3, -0.25) is 14.5 Å². The van der Waals surface area contributed by atoms with E-state index in [1.807, 2.05) is 25.3 Å². The lowest BCUT2D eigenvalue weighted by Crippen LogP contribution is -2.29. The molecule has 3 rings (SSSR count). The number of aliphatic imine (C=N–C) groups is 1. The van der Waals surface area contributed by atoms with E-state index in [9.17, 15) is 18.0 Å². The molecule has 2 aromatic rings. The summed E-state index contributed by atoms with van der Waals surface area (Å²) in [5.41, 5.74) is 2.41. The van der Waals surface area contributed by atoms with Gasteiger partial charge in [-0.2, -0.15) is 0 Å². The lowest BCUT2D eigenvalue weighted by Gasteiger charge is -2.10. The number of nitrogens with one attached hydrogen (secondary N) is 2. The maximum Gasteiger partial charge on any atom is 0.340 e. The minimum atomic E-state index is -3.79. The summed E-state index contributed by atoms with van der Waals surface area (Å²) in [7, 11) is -3.79. The zero-order chi connectivity index (χ0) is 22.6. The number of nitrogens with zero attached hydrogens (tertiary/aromatic N) is 2.